The fraction of sp³-hybridized carbons (Fsp3) is 0.227. The summed E-state index contributed by atoms with van der Waals surface area (Å²) in [6.07, 6.45) is 0.0745. The fourth-order valence-electron chi connectivity index (χ4n) is 3.02. The average molecular weight is 409 g/mol. The van der Waals surface area contributed by atoms with Crippen LogP contribution < -0.4 is 16.0 Å². The summed E-state index contributed by atoms with van der Waals surface area (Å²) in [6, 6.07) is 15.3. The van der Waals surface area contributed by atoms with Crippen molar-refractivity contribution in [2.45, 2.75) is 20.3 Å². The predicted octanol–water partition coefficient (Wildman–Crippen LogP) is 2.95. The molecule has 1 heterocycles. The first-order chi connectivity index (χ1) is 14.3. The first-order valence-electron chi connectivity index (χ1n) is 9.54. The minimum Gasteiger partial charge on any atom is -0.370 e. The van der Waals surface area contributed by atoms with Crippen molar-refractivity contribution in [2.75, 3.05) is 23.3 Å². The molecule has 0 saturated heterocycles. The maximum Gasteiger partial charge on any atom is 0.245 e. The van der Waals surface area contributed by atoms with E-state index in [-0.39, 0.29) is 31.2 Å². The molecule has 0 bridgehead atoms. The van der Waals surface area contributed by atoms with Gasteiger partial charge >= 0.3 is 0 Å². The summed E-state index contributed by atoms with van der Waals surface area (Å²) in [4.78, 5) is 25.7. The van der Waals surface area contributed by atoms with Gasteiger partial charge in [-0.15, -0.1) is 0 Å². The number of hydrogen-bond acceptors (Lipinski definition) is 4. The number of nitrogens with two attached hydrogens (primary N) is 1. The third-order valence-electron chi connectivity index (χ3n) is 4.53. The number of primary amides is 1. The number of nitrogens with zero attached hydrogens (tertiary/aromatic N) is 3. The van der Waals surface area contributed by atoms with Crippen molar-refractivity contribution in [1.82, 2.24) is 9.78 Å². The Balaban J connectivity index is 1.77. The van der Waals surface area contributed by atoms with Crippen molar-refractivity contribution < 1.29 is 14.0 Å². The van der Waals surface area contributed by atoms with E-state index < -0.39 is 5.91 Å². The van der Waals surface area contributed by atoms with Crippen LogP contribution in [-0.4, -0.2) is 34.7 Å². The minimum atomic E-state index is -0.476. The highest BCUT2D eigenvalue weighted by molar-refractivity contribution is 5.93. The van der Waals surface area contributed by atoms with E-state index in [2.05, 4.69) is 10.4 Å². The van der Waals surface area contributed by atoms with Gasteiger partial charge in [0.2, 0.25) is 11.8 Å². The first-order valence-corrected chi connectivity index (χ1v) is 9.54. The molecule has 1 aromatic heterocycles. The molecular formula is C22H24FN5O2. The number of carbonyl (C=O) groups is 2. The fourth-order valence-corrected chi connectivity index (χ4v) is 3.02. The molecule has 3 aromatic rings. The van der Waals surface area contributed by atoms with Gasteiger partial charge in [0.05, 0.1) is 17.9 Å². The summed E-state index contributed by atoms with van der Waals surface area (Å²) in [5, 5.41) is 7.33. The largest absolute Gasteiger partial charge is 0.370 e. The summed E-state index contributed by atoms with van der Waals surface area (Å²) in [5.41, 5.74) is 8.59. The normalized spacial score (nSPS) is 10.6. The van der Waals surface area contributed by atoms with Gasteiger partial charge in [-0.2, -0.15) is 5.10 Å². The van der Waals surface area contributed by atoms with Gasteiger partial charge in [-0.05, 0) is 50.2 Å². The van der Waals surface area contributed by atoms with E-state index in [0.29, 0.717) is 11.5 Å². The predicted molar refractivity (Wildman–Crippen MR) is 114 cm³/mol. The van der Waals surface area contributed by atoms with Crippen LogP contribution in [0.3, 0.4) is 0 Å². The smallest absolute Gasteiger partial charge is 0.245 e. The van der Waals surface area contributed by atoms with Crippen molar-refractivity contribution in [1.29, 1.82) is 0 Å². The Hall–Kier alpha value is -3.68. The van der Waals surface area contributed by atoms with E-state index in [1.165, 1.54) is 12.1 Å². The number of aryl methyl sites for hydroxylation is 2. The lowest BCUT2D eigenvalue weighted by Gasteiger charge is -2.24. The molecule has 0 fully saturated rings. The summed E-state index contributed by atoms with van der Waals surface area (Å²) in [7, 11) is 0. The van der Waals surface area contributed by atoms with Crippen LogP contribution in [0.5, 0.6) is 0 Å². The molecule has 0 aliphatic rings. The Morgan fingerprint density at radius 3 is 2.40 bits per heavy atom. The van der Waals surface area contributed by atoms with E-state index >= 15 is 0 Å². The van der Waals surface area contributed by atoms with E-state index in [4.69, 9.17) is 5.73 Å². The van der Waals surface area contributed by atoms with Gasteiger partial charge in [-0.1, -0.05) is 17.7 Å². The second-order valence-corrected chi connectivity index (χ2v) is 7.08. The van der Waals surface area contributed by atoms with Crippen molar-refractivity contribution in [2.24, 2.45) is 5.73 Å². The number of aromatic nitrogens is 2. The first kappa shape index (κ1) is 21.0. The molecule has 7 nitrogen and oxygen atoms in total. The minimum absolute atomic E-state index is 0.0307. The zero-order chi connectivity index (χ0) is 21.7. The van der Waals surface area contributed by atoms with Crippen LogP contribution in [0.25, 0.3) is 5.69 Å². The maximum atomic E-state index is 13.3. The van der Waals surface area contributed by atoms with E-state index in [9.17, 15) is 14.0 Å². The number of hydrogen-bond donors (Lipinski definition) is 2. The van der Waals surface area contributed by atoms with Gasteiger partial charge < -0.3 is 16.0 Å². The lowest BCUT2D eigenvalue weighted by Crippen LogP contribution is -2.36. The molecule has 3 rings (SSSR count). The highest BCUT2D eigenvalue weighted by Gasteiger charge is 2.16. The second kappa shape index (κ2) is 9.21. The number of nitrogens with one attached hydrogen (secondary N) is 1. The molecule has 0 saturated carbocycles. The quantitative estimate of drug-likeness (QED) is 0.598. The SMILES string of the molecule is Cc1ccc(-n2nc(C)cc2NC(=O)CN(CCC(N)=O)c2ccc(F)cc2)cc1. The molecule has 3 N–H and O–H groups in total. The molecule has 8 heteroatoms. The van der Waals surface area contributed by atoms with Crippen LogP contribution in [0.15, 0.2) is 54.6 Å². The number of halogens is 1. The highest BCUT2D eigenvalue weighted by atomic mass is 19.1. The van der Waals surface area contributed by atoms with Crippen LogP contribution in [0.4, 0.5) is 15.9 Å². The molecule has 0 spiro atoms. The van der Waals surface area contributed by atoms with Gasteiger partial charge in [0.25, 0.3) is 0 Å². The molecule has 2 amide bonds. The maximum absolute atomic E-state index is 13.3. The third-order valence-corrected chi connectivity index (χ3v) is 4.53. The zero-order valence-electron chi connectivity index (χ0n) is 16.9. The van der Waals surface area contributed by atoms with Crippen LogP contribution in [0, 0.1) is 19.7 Å². The van der Waals surface area contributed by atoms with E-state index in [1.807, 2.05) is 38.1 Å². The van der Waals surface area contributed by atoms with Crippen LogP contribution in [-0.2, 0) is 9.59 Å². The van der Waals surface area contributed by atoms with Gasteiger partial charge in [0.15, 0.2) is 0 Å². The van der Waals surface area contributed by atoms with Crippen molar-refractivity contribution in [3.05, 3.63) is 71.7 Å². The van der Waals surface area contributed by atoms with Gasteiger partial charge in [0, 0.05) is 24.7 Å². The number of benzene rings is 2. The topological polar surface area (TPSA) is 93.2 Å². The number of rotatable bonds is 8. The van der Waals surface area contributed by atoms with Crippen molar-refractivity contribution >= 4 is 23.3 Å². The molecule has 0 unspecified atom stereocenters. The lowest BCUT2D eigenvalue weighted by molar-refractivity contribution is -0.118. The monoisotopic (exact) mass is 409 g/mol. The molecule has 30 heavy (non-hydrogen) atoms. The third kappa shape index (κ3) is 5.44. The summed E-state index contributed by atoms with van der Waals surface area (Å²) >= 11 is 0. The van der Waals surface area contributed by atoms with Crippen LogP contribution in [0.1, 0.15) is 17.7 Å². The number of carbonyl (C=O) groups excluding carboxylic acids is 2. The van der Waals surface area contributed by atoms with E-state index in [1.54, 1.807) is 27.8 Å². The Morgan fingerprint density at radius 2 is 1.77 bits per heavy atom. The second-order valence-electron chi connectivity index (χ2n) is 7.08. The Morgan fingerprint density at radius 1 is 1.10 bits per heavy atom. The van der Waals surface area contributed by atoms with Gasteiger partial charge in [-0.25, -0.2) is 9.07 Å². The summed E-state index contributed by atoms with van der Waals surface area (Å²) in [6.45, 7) is 4.05. The van der Waals surface area contributed by atoms with Crippen LogP contribution >= 0.6 is 0 Å². The number of amides is 2. The standard InChI is InChI=1S/C22H24FN5O2/c1-15-3-7-19(8-4-15)28-21(13-16(2)26-28)25-22(30)14-27(12-11-20(24)29)18-9-5-17(23)6-10-18/h3-10,13H,11-12,14H2,1-2H3,(H2,24,29)(H,25,30). The molecule has 0 radical (unpaired) electrons. The van der Waals surface area contributed by atoms with Crippen LogP contribution in [0.2, 0.25) is 0 Å². The van der Waals surface area contributed by atoms with Gasteiger partial charge in [-0.3, -0.25) is 9.59 Å². The summed E-state index contributed by atoms with van der Waals surface area (Å²) in [5.74, 6) is -0.613. The Bertz CT molecular complexity index is 1030. The van der Waals surface area contributed by atoms with E-state index in [0.717, 1.165) is 16.9 Å². The van der Waals surface area contributed by atoms with Gasteiger partial charge in [0.1, 0.15) is 11.6 Å². The summed E-state index contributed by atoms with van der Waals surface area (Å²) < 4.78 is 14.9. The average Bonchev–Trinajstić information content (AvgIpc) is 3.06. The Kier molecular flexibility index (Phi) is 6.46. The molecule has 0 aliphatic heterocycles. The molecule has 0 aliphatic carbocycles. The lowest BCUT2D eigenvalue weighted by atomic mass is 10.2. The zero-order valence-corrected chi connectivity index (χ0v) is 16.9. The molecule has 0 atom stereocenters. The van der Waals surface area contributed by atoms with Crippen molar-refractivity contribution in [3.63, 3.8) is 0 Å². The molecule has 156 valence electrons. The highest BCUT2D eigenvalue weighted by Crippen LogP contribution is 2.19. The Labute approximate surface area is 174 Å². The van der Waals surface area contributed by atoms with Crippen molar-refractivity contribution in [3.8, 4) is 5.69 Å². The molecule has 2 aromatic carbocycles. The number of anilines is 2. The molecular weight excluding hydrogens is 385 g/mol.